The van der Waals surface area contributed by atoms with Gasteiger partial charge in [0, 0.05) is 6.54 Å². The van der Waals surface area contributed by atoms with Crippen LogP contribution in [0.15, 0.2) is 22.7 Å². The second kappa shape index (κ2) is 8.42. The summed E-state index contributed by atoms with van der Waals surface area (Å²) in [5.41, 5.74) is 1.25. The minimum Gasteiger partial charge on any atom is -0.483 e. The van der Waals surface area contributed by atoms with E-state index >= 15 is 0 Å². The van der Waals surface area contributed by atoms with Crippen molar-refractivity contribution in [1.82, 2.24) is 5.32 Å². The second-order valence-electron chi connectivity index (χ2n) is 5.72. The molecule has 1 aromatic rings. The van der Waals surface area contributed by atoms with Gasteiger partial charge in [0.05, 0.1) is 4.47 Å². The van der Waals surface area contributed by atoms with Crippen LogP contribution in [0.1, 0.15) is 44.6 Å². The number of amides is 1. The van der Waals surface area contributed by atoms with Gasteiger partial charge in [-0.25, -0.2) is 0 Å². The topological polar surface area (TPSA) is 38.3 Å². The van der Waals surface area contributed by atoms with Crippen molar-refractivity contribution in [3.8, 4) is 5.75 Å². The summed E-state index contributed by atoms with van der Waals surface area (Å²) in [7, 11) is 0. The van der Waals surface area contributed by atoms with Gasteiger partial charge in [0.25, 0.3) is 5.91 Å². The van der Waals surface area contributed by atoms with E-state index in [0.29, 0.717) is 5.92 Å². The van der Waals surface area contributed by atoms with E-state index in [0.717, 1.165) is 23.2 Å². The van der Waals surface area contributed by atoms with Gasteiger partial charge in [-0.15, -0.1) is 0 Å². The summed E-state index contributed by atoms with van der Waals surface area (Å²) in [6.45, 7) is 2.98. The average Bonchev–Trinajstić information content (AvgIpc) is 2.52. The molecule has 0 heterocycles. The van der Waals surface area contributed by atoms with Crippen molar-refractivity contribution in [1.29, 1.82) is 0 Å². The van der Waals surface area contributed by atoms with Crippen LogP contribution in [0.5, 0.6) is 5.75 Å². The number of rotatable bonds is 6. The van der Waals surface area contributed by atoms with Gasteiger partial charge in [0.15, 0.2) is 6.61 Å². The first-order chi connectivity index (χ1) is 10.2. The molecular formula is C17H24BrNO2. The molecule has 1 aliphatic carbocycles. The first-order valence-electron chi connectivity index (χ1n) is 7.87. The van der Waals surface area contributed by atoms with Gasteiger partial charge in [0.2, 0.25) is 0 Å². The van der Waals surface area contributed by atoms with Crippen molar-refractivity contribution >= 4 is 21.8 Å². The molecule has 1 N–H and O–H groups in total. The molecule has 2 rings (SSSR count). The molecule has 0 bridgehead atoms. The standard InChI is InChI=1S/C17H24BrNO2/c1-2-13-8-9-16(15(18)10-13)21-12-17(20)19-11-14-6-4-3-5-7-14/h8-10,14H,2-7,11-12H2,1H3,(H,19,20). The minimum atomic E-state index is -0.0351. The molecule has 3 nitrogen and oxygen atoms in total. The Morgan fingerprint density at radius 1 is 1.33 bits per heavy atom. The third-order valence-electron chi connectivity index (χ3n) is 4.08. The van der Waals surface area contributed by atoms with Crippen molar-refractivity contribution < 1.29 is 9.53 Å². The first-order valence-corrected chi connectivity index (χ1v) is 8.66. The molecule has 0 radical (unpaired) electrons. The van der Waals surface area contributed by atoms with E-state index < -0.39 is 0 Å². The van der Waals surface area contributed by atoms with Crippen molar-refractivity contribution in [3.05, 3.63) is 28.2 Å². The van der Waals surface area contributed by atoms with Crippen LogP contribution in [-0.4, -0.2) is 19.1 Å². The summed E-state index contributed by atoms with van der Waals surface area (Å²) >= 11 is 3.48. The summed E-state index contributed by atoms with van der Waals surface area (Å²) in [4.78, 5) is 11.8. The highest BCUT2D eigenvalue weighted by molar-refractivity contribution is 9.10. The zero-order chi connectivity index (χ0) is 15.1. The van der Waals surface area contributed by atoms with E-state index in [1.807, 2.05) is 18.2 Å². The molecule has 1 saturated carbocycles. The number of ether oxygens (including phenoxy) is 1. The maximum absolute atomic E-state index is 11.8. The van der Waals surface area contributed by atoms with Crippen LogP contribution < -0.4 is 10.1 Å². The van der Waals surface area contributed by atoms with Crippen LogP contribution in [0.25, 0.3) is 0 Å². The summed E-state index contributed by atoms with van der Waals surface area (Å²) < 4.78 is 6.48. The van der Waals surface area contributed by atoms with Crippen LogP contribution in [0.4, 0.5) is 0 Å². The summed E-state index contributed by atoms with van der Waals surface area (Å²) in [5, 5.41) is 2.99. The average molecular weight is 354 g/mol. The van der Waals surface area contributed by atoms with Crippen LogP contribution in [0.2, 0.25) is 0 Å². The van der Waals surface area contributed by atoms with Crippen molar-refractivity contribution in [2.24, 2.45) is 5.92 Å². The van der Waals surface area contributed by atoms with Gasteiger partial charge in [0.1, 0.15) is 5.75 Å². The van der Waals surface area contributed by atoms with Gasteiger partial charge in [-0.3, -0.25) is 4.79 Å². The van der Waals surface area contributed by atoms with Crippen molar-refractivity contribution in [3.63, 3.8) is 0 Å². The number of hydrogen-bond donors (Lipinski definition) is 1. The van der Waals surface area contributed by atoms with E-state index in [4.69, 9.17) is 4.74 Å². The van der Waals surface area contributed by atoms with Crippen LogP contribution in [0.3, 0.4) is 0 Å². The molecule has 0 spiro atoms. The fourth-order valence-electron chi connectivity index (χ4n) is 2.73. The molecule has 0 unspecified atom stereocenters. The molecule has 0 aromatic heterocycles. The molecule has 1 amide bonds. The third kappa shape index (κ3) is 5.34. The lowest BCUT2D eigenvalue weighted by Gasteiger charge is -2.21. The number of carbonyl (C=O) groups excluding carboxylic acids is 1. The lowest BCUT2D eigenvalue weighted by atomic mass is 9.89. The number of carbonyl (C=O) groups is 1. The number of nitrogens with one attached hydrogen (secondary N) is 1. The Labute approximate surface area is 135 Å². The quantitative estimate of drug-likeness (QED) is 0.836. The highest BCUT2D eigenvalue weighted by Gasteiger charge is 2.14. The lowest BCUT2D eigenvalue weighted by molar-refractivity contribution is -0.123. The highest BCUT2D eigenvalue weighted by Crippen LogP contribution is 2.26. The Balaban J connectivity index is 1.73. The SMILES string of the molecule is CCc1ccc(OCC(=O)NCC2CCCCC2)c(Br)c1. The molecule has 116 valence electrons. The van der Waals surface area contributed by atoms with E-state index in [1.54, 1.807) is 0 Å². The fourth-order valence-corrected chi connectivity index (χ4v) is 3.27. The zero-order valence-electron chi connectivity index (χ0n) is 12.7. The maximum Gasteiger partial charge on any atom is 0.257 e. The van der Waals surface area contributed by atoms with Crippen LogP contribution in [0, 0.1) is 5.92 Å². The summed E-state index contributed by atoms with van der Waals surface area (Å²) in [6, 6.07) is 5.98. The highest BCUT2D eigenvalue weighted by atomic mass is 79.9. The monoisotopic (exact) mass is 353 g/mol. The summed E-state index contributed by atoms with van der Waals surface area (Å²) in [5.74, 6) is 1.34. The lowest BCUT2D eigenvalue weighted by Crippen LogP contribution is -2.33. The van der Waals surface area contributed by atoms with Crippen LogP contribution >= 0.6 is 15.9 Å². The van der Waals surface area contributed by atoms with Gasteiger partial charge >= 0.3 is 0 Å². The molecule has 0 saturated heterocycles. The Morgan fingerprint density at radius 3 is 2.76 bits per heavy atom. The minimum absolute atomic E-state index is 0.0351. The Hall–Kier alpha value is -1.03. The van der Waals surface area contributed by atoms with E-state index in [2.05, 4.69) is 28.2 Å². The molecule has 21 heavy (non-hydrogen) atoms. The van der Waals surface area contributed by atoms with E-state index in [9.17, 15) is 4.79 Å². The largest absolute Gasteiger partial charge is 0.483 e. The van der Waals surface area contributed by atoms with Crippen LogP contribution in [-0.2, 0) is 11.2 Å². The van der Waals surface area contributed by atoms with Gasteiger partial charge in [-0.05, 0) is 58.8 Å². The van der Waals surface area contributed by atoms with Gasteiger partial charge < -0.3 is 10.1 Å². The molecule has 0 atom stereocenters. The predicted octanol–water partition coefficient (Wildman–Crippen LogP) is 4.09. The summed E-state index contributed by atoms with van der Waals surface area (Å²) in [6.07, 6.45) is 7.41. The number of benzene rings is 1. The van der Waals surface area contributed by atoms with E-state index in [-0.39, 0.29) is 12.5 Å². The first kappa shape index (κ1) is 16.3. The molecule has 0 aliphatic heterocycles. The molecule has 1 aliphatic rings. The van der Waals surface area contributed by atoms with E-state index in [1.165, 1.54) is 37.7 Å². The second-order valence-corrected chi connectivity index (χ2v) is 6.57. The van der Waals surface area contributed by atoms with Crippen molar-refractivity contribution in [2.75, 3.05) is 13.2 Å². The number of halogens is 1. The smallest absolute Gasteiger partial charge is 0.257 e. The van der Waals surface area contributed by atoms with Gasteiger partial charge in [-0.2, -0.15) is 0 Å². The molecule has 4 heteroatoms. The third-order valence-corrected chi connectivity index (χ3v) is 4.70. The zero-order valence-corrected chi connectivity index (χ0v) is 14.2. The molecular weight excluding hydrogens is 330 g/mol. The Bertz CT molecular complexity index is 470. The fraction of sp³-hybridized carbons (Fsp3) is 0.588. The number of hydrogen-bond acceptors (Lipinski definition) is 2. The Kier molecular flexibility index (Phi) is 6.55. The normalized spacial score (nSPS) is 15.7. The predicted molar refractivity (Wildman–Crippen MR) is 88.6 cm³/mol. The molecule has 1 fully saturated rings. The maximum atomic E-state index is 11.8. The Morgan fingerprint density at radius 2 is 2.10 bits per heavy atom. The van der Waals surface area contributed by atoms with Crippen molar-refractivity contribution in [2.45, 2.75) is 45.4 Å². The number of aryl methyl sites for hydroxylation is 1. The van der Waals surface area contributed by atoms with Gasteiger partial charge in [-0.1, -0.05) is 32.3 Å². The molecule has 1 aromatic carbocycles.